The third-order valence-electron chi connectivity index (χ3n) is 6.91. The van der Waals surface area contributed by atoms with Crippen LogP contribution in [0, 0.1) is 0 Å². The number of aliphatic hydroxyl groups excluding tert-OH is 1. The maximum absolute atomic E-state index is 13.5. The topological polar surface area (TPSA) is 107 Å². The fraction of sp³-hybridized carbons (Fsp3) is 0.429. The summed E-state index contributed by atoms with van der Waals surface area (Å²) in [6, 6.07) is 7.43. The predicted octanol–water partition coefficient (Wildman–Crippen LogP) is 3.25. The Labute approximate surface area is 222 Å². The zero-order valence-corrected chi connectivity index (χ0v) is 22.4. The Morgan fingerprint density at radius 1 is 0.974 bits per heavy atom. The average molecular weight is 527 g/mol. The van der Waals surface area contributed by atoms with Gasteiger partial charge in [-0.3, -0.25) is 9.59 Å². The van der Waals surface area contributed by atoms with E-state index in [4.69, 9.17) is 23.7 Å². The van der Waals surface area contributed by atoms with Gasteiger partial charge in [0.2, 0.25) is 5.75 Å². The molecule has 38 heavy (non-hydrogen) atoms. The van der Waals surface area contributed by atoms with E-state index in [1.165, 1.54) is 26.2 Å². The fourth-order valence-electron chi connectivity index (χ4n) is 4.85. The van der Waals surface area contributed by atoms with Gasteiger partial charge in [-0.2, -0.15) is 0 Å². The van der Waals surface area contributed by atoms with Gasteiger partial charge in [-0.05, 0) is 49.0 Å². The van der Waals surface area contributed by atoms with Crippen LogP contribution in [-0.4, -0.2) is 87.3 Å². The number of likely N-dealkylation sites (N-methyl/N-ethyl adjacent to an activating group) is 1. The van der Waals surface area contributed by atoms with Crippen LogP contribution in [0.25, 0.3) is 5.76 Å². The highest BCUT2D eigenvalue weighted by molar-refractivity contribution is 6.46. The summed E-state index contributed by atoms with van der Waals surface area (Å²) in [6.07, 6.45) is 0. The molecule has 2 aromatic rings. The zero-order valence-electron chi connectivity index (χ0n) is 22.4. The van der Waals surface area contributed by atoms with Crippen LogP contribution in [0.3, 0.4) is 0 Å². The number of ether oxygens (including phenoxy) is 5. The third kappa shape index (κ3) is 4.96. The van der Waals surface area contributed by atoms with Crippen molar-refractivity contribution in [1.82, 2.24) is 9.80 Å². The van der Waals surface area contributed by atoms with E-state index >= 15 is 0 Å². The third-order valence-corrected chi connectivity index (χ3v) is 6.91. The summed E-state index contributed by atoms with van der Waals surface area (Å²) in [6.45, 7) is 7.32. The first kappa shape index (κ1) is 27.1. The van der Waals surface area contributed by atoms with Gasteiger partial charge in [-0.25, -0.2) is 0 Å². The van der Waals surface area contributed by atoms with Crippen molar-refractivity contribution in [3.8, 4) is 28.7 Å². The van der Waals surface area contributed by atoms with Crippen LogP contribution in [0.1, 0.15) is 31.0 Å². The molecule has 10 nitrogen and oxygen atoms in total. The van der Waals surface area contributed by atoms with Gasteiger partial charge in [0, 0.05) is 18.7 Å². The lowest BCUT2D eigenvalue weighted by Crippen LogP contribution is -2.38. The number of carbonyl (C=O) groups excluding carboxylic acids is 2. The molecule has 0 aliphatic carbocycles. The van der Waals surface area contributed by atoms with Crippen molar-refractivity contribution in [1.29, 1.82) is 0 Å². The lowest BCUT2D eigenvalue weighted by atomic mass is 9.94. The molecule has 0 aromatic heterocycles. The molecule has 1 N–H and O–H groups in total. The first-order valence-electron chi connectivity index (χ1n) is 12.6. The van der Waals surface area contributed by atoms with Crippen LogP contribution in [0.5, 0.6) is 28.7 Å². The number of hydrogen-bond donors (Lipinski definition) is 1. The van der Waals surface area contributed by atoms with Gasteiger partial charge in [0.15, 0.2) is 23.0 Å². The lowest BCUT2D eigenvalue weighted by molar-refractivity contribution is -0.140. The Hall–Kier alpha value is -3.92. The van der Waals surface area contributed by atoms with Crippen LogP contribution in [-0.2, 0) is 9.59 Å². The van der Waals surface area contributed by atoms with Gasteiger partial charge < -0.3 is 38.6 Å². The van der Waals surface area contributed by atoms with Crippen molar-refractivity contribution in [3.63, 3.8) is 0 Å². The number of hydrogen-bond acceptors (Lipinski definition) is 9. The van der Waals surface area contributed by atoms with E-state index < -0.39 is 17.7 Å². The van der Waals surface area contributed by atoms with E-state index in [0.717, 1.165) is 13.1 Å². The normalized spacial score (nSPS) is 18.2. The summed E-state index contributed by atoms with van der Waals surface area (Å²) >= 11 is 0. The molecule has 204 valence electrons. The minimum atomic E-state index is -0.882. The standard InChI is InChI=1S/C28H34N2O8/c1-6-29(7-2)10-11-30-24(18-15-21(34-3)27(36-5)22(16-18)35-4)23(26(32)28(30)33)25(31)17-8-9-19-20(14-17)38-13-12-37-19/h8-9,14-16,24,31H,6-7,10-13H2,1-5H3. The second-order valence-electron chi connectivity index (χ2n) is 8.84. The average Bonchev–Trinajstić information content (AvgIpc) is 3.21. The highest BCUT2D eigenvalue weighted by Crippen LogP contribution is 2.46. The molecule has 10 heteroatoms. The summed E-state index contributed by atoms with van der Waals surface area (Å²) < 4.78 is 27.8. The number of rotatable bonds is 10. The minimum Gasteiger partial charge on any atom is -0.507 e. The summed E-state index contributed by atoms with van der Waals surface area (Å²) in [5.74, 6) is 0.376. The number of aliphatic hydroxyl groups is 1. The lowest BCUT2D eigenvalue weighted by Gasteiger charge is -2.29. The first-order chi connectivity index (χ1) is 18.4. The second kappa shape index (κ2) is 11.6. The summed E-state index contributed by atoms with van der Waals surface area (Å²) in [5, 5.41) is 11.5. The molecule has 2 aliphatic heterocycles. The van der Waals surface area contributed by atoms with E-state index in [1.807, 2.05) is 13.8 Å². The highest BCUT2D eigenvalue weighted by atomic mass is 16.6. The van der Waals surface area contributed by atoms with E-state index in [9.17, 15) is 14.7 Å². The molecule has 1 fully saturated rings. The van der Waals surface area contributed by atoms with Crippen LogP contribution in [0.4, 0.5) is 0 Å². The number of likely N-dealkylation sites (tertiary alicyclic amines) is 1. The van der Waals surface area contributed by atoms with Crippen LogP contribution < -0.4 is 23.7 Å². The number of ketones is 1. The predicted molar refractivity (Wildman–Crippen MR) is 140 cm³/mol. The molecule has 0 spiro atoms. The summed E-state index contributed by atoms with van der Waals surface area (Å²) in [4.78, 5) is 30.5. The Morgan fingerprint density at radius 2 is 1.61 bits per heavy atom. The number of benzene rings is 2. The van der Waals surface area contributed by atoms with Crippen LogP contribution in [0.2, 0.25) is 0 Å². The zero-order chi connectivity index (χ0) is 27.4. The van der Waals surface area contributed by atoms with Crippen molar-refractivity contribution < 1.29 is 38.4 Å². The maximum atomic E-state index is 13.5. The summed E-state index contributed by atoms with van der Waals surface area (Å²) in [5.41, 5.74) is 0.853. The van der Waals surface area contributed by atoms with Gasteiger partial charge in [0.05, 0.1) is 32.9 Å². The SMILES string of the molecule is CCN(CC)CCN1C(=O)C(=O)C(=C(O)c2ccc3c(c2)OCCO3)C1c1cc(OC)c(OC)c(OC)c1. The Morgan fingerprint density at radius 3 is 2.18 bits per heavy atom. The van der Waals surface area contributed by atoms with E-state index in [-0.39, 0.29) is 17.9 Å². The largest absolute Gasteiger partial charge is 0.507 e. The second-order valence-corrected chi connectivity index (χ2v) is 8.84. The van der Waals surface area contributed by atoms with Gasteiger partial charge in [0.1, 0.15) is 19.0 Å². The van der Waals surface area contributed by atoms with Crippen molar-refractivity contribution in [2.75, 3.05) is 60.7 Å². The Bertz CT molecular complexity index is 1210. The van der Waals surface area contributed by atoms with Gasteiger partial charge in [-0.15, -0.1) is 0 Å². The van der Waals surface area contributed by atoms with Crippen LogP contribution >= 0.6 is 0 Å². The number of amides is 1. The first-order valence-corrected chi connectivity index (χ1v) is 12.6. The smallest absolute Gasteiger partial charge is 0.295 e. The molecule has 2 aliphatic rings. The highest BCUT2D eigenvalue weighted by Gasteiger charge is 2.46. The molecule has 0 bridgehead atoms. The van der Waals surface area contributed by atoms with Crippen molar-refractivity contribution in [2.45, 2.75) is 19.9 Å². The van der Waals surface area contributed by atoms with E-state index in [0.29, 0.717) is 59.6 Å². The molecular formula is C28H34N2O8. The Balaban J connectivity index is 1.88. The molecule has 0 saturated carbocycles. The molecule has 4 rings (SSSR count). The molecule has 1 atom stereocenters. The number of Topliss-reactive ketones (excluding diaryl/α,β-unsaturated/α-hetero) is 1. The van der Waals surface area contributed by atoms with Crippen molar-refractivity contribution in [3.05, 3.63) is 47.0 Å². The molecule has 0 radical (unpaired) electrons. The maximum Gasteiger partial charge on any atom is 0.295 e. The molecule has 1 saturated heterocycles. The monoisotopic (exact) mass is 526 g/mol. The molecule has 2 aromatic carbocycles. The number of methoxy groups -OCH3 is 3. The number of fused-ring (bicyclic) bond motifs is 1. The Kier molecular flexibility index (Phi) is 8.31. The molecular weight excluding hydrogens is 492 g/mol. The van der Waals surface area contributed by atoms with Gasteiger partial charge in [-0.1, -0.05) is 13.8 Å². The van der Waals surface area contributed by atoms with E-state index in [2.05, 4.69) is 4.90 Å². The van der Waals surface area contributed by atoms with Crippen molar-refractivity contribution in [2.24, 2.45) is 0 Å². The number of carbonyl (C=O) groups is 2. The van der Waals surface area contributed by atoms with Crippen LogP contribution in [0.15, 0.2) is 35.9 Å². The van der Waals surface area contributed by atoms with Gasteiger partial charge >= 0.3 is 0 Å². The fourth-order valence-corrected chi connectivity index (χ4v) is 4.85. The minimum absolute atomic E-state index is 0.0273. The quantitative estimate of drug-likeness (QED) is 0.284. The molecule has 1 amide bonds. The summed E-state index contributed by atoms with van der Waals surface area (Å²) in [7, 11) is 4.49. The number of nitrogens with zero attached hydrogens (tertiary/aromatic N) is 2. The molecule has 2 heterocycles. The molecule has 1 unspecified atom stereocenters. The van der Waals surface area contributed by atoms with Gasteiger partial charge in [0.25, 0.3) is 11.7 Å². The van der Waals surface area contributed by atoms with E-state index in [1.54, 1.807) is 30.3 Å². The van der Waals surface area contributed by atoms with Crippen molar-refractivity contribution >= 4 is 17.4 Å².